The smallest absolute Gasteiger partial charge is 0.262 e. The highest BCUT2D eigenvalue weighted by molar-refractivity contribution is 6.30. The van der Waals surface area contributed by atoms with Gasteiger partial charge >= 0.3 is 0 Å². The number of carbonyl (C=O) groups excluding carboxylic acids is 2. The van der Waals surface area contributed by atoms with Crippen molar-refractivity contribution in [2.45, 2.75) is 0 Å². The highest BCUT2D eigenvalue weighted by atomic mass is 35.5. The molecule has 108 valence electrons. The van der Waals surface area contributed by atoms with Crippen molar-refractivity contribution in [2.24, 2.45) is 0 Å². The summed E-state index contributed by atoms with van der Waals surface area (Å²) in [6.45, 7) is -0.311. The zero-order valence-electron chi connectivity index (χ0n) is 10.8. The van der Waals surface area contributed by atoms with Crippen molar-refractivity contribution >= 4 is 29.5 Å². The Balaban J connectivity index is 1.95. The second-order valence-corrected chi connectivity index (χ2v) is 4.62. The molecule has 4 nitrogen and oxygen atoms in total. The lowest BCUT2D eigenvalue weighted by Crippen LogP contribution is -2.20. The number of hydrogen-bond donors (Lipinski definition) is 1. The van der Waals surface area contributed by atoms with Gasteiger partial charge in [0, 0.05) is 22.3 Å². The highest BCUT2D eigenvalue weighted by Crippen LogP contribution is 2.16. The number of aldehydes is 1. The molecule has 0 aliphatic carbocycles. The van der Waals surface area contributed by atoms with E-state index in [9.17, 15) is 14.0 Å². The van der Waals surface area contributed by atoms with Crippen molar-refractivity contribution in [1.29, 1.82) is 0 Å². The van der Waals surface area contributed by atoms with Crippen molar-refractivity contribution in [3.05, 3.63) is 58.9 Å². The molecule has 2 aromatic carbocycles. The van der Waals surface area contributed by atoms with Gasteiger partial charge in [-0.15, -0.1) is 0 Å². The number of amides is 1. The van der Waals surface area contributed by atoms with Crippen molar-refractivity contribution < 1.29 is 18.7 Å². The molecular weight excluding hydrogens is 297 g/mol. The molecule has 0 aromatic heterocycles. The number of carbonyl (C=O) groups is 2. The van der Waals surface area contributed by atoms with E-state index in [2.05, 4.69) is 5.32 Å². The molecule has 0 radical (unpaired) electrons. The van der Waals surface area contributed by atoms with Gasteiger partial charge in [0.15, 0.2) is 6.61 Å². The minimum Gasteiger partial charge on any atom is -0.484 e. The lowest BCUT2D eigenvalue weighted by molar-refractivity contribution is -0.118. The van der Waals surface area contributed by atoms with Crippen LogP contribution in [0.5, 0.6) is 5.75 Å². The number of rotatable bonds is 5. The van der Waals surface area contributed by atoms with Crippen LogP contribution in [0.1, 0.15) is 10.4 Å². The molecule has 0 fully saturated rings. The topological polar surface area (TPSA) is 55.4 Å². The number of hydrogen-bond acceptors (Lipinski definition) is 3. The Hall–Kier alpha value is -2.40. The first-order valence-electron chi connectivity index (χ1n) is 6.01. The molecule has 21 heavy (non-hydrogen) atoms. The van der Waals surface area contributed by atoms with Crippen LogP contribution in [0.25, 0.3) is 0 Å². The largest absolute Gasteiger partial charge is 0.484 e. The van der Waals surface area contributed by atoms with Crippen molar-refractivity contribution in [2.75, 3.05) is 11.9 Å². The number of ether oxygens (including phenoxy) is 1. The fourth-order valence-electron chi connectivity index (χ4n) is 1.65. The molecule has 0 unspecified atom stereocenters. The molecule has 0 saturated carbocycles. The average Bonchev–Trinajstić information content (AvgIpc) is 2.44. The Morgan fingerprint density at radius 1 is 1.29 bits per heavy atom. The van der Waals surface area contributed by atoms with Gasteiger partial charge in [-0.25, -0.2) is 4.39 Å². The maximum Gasteiger partial charge on any atom is 0.262 e. The zero-order valence-corrected chi connectivity index (χ0v) is 11.6. The molecule has 0 aliphatic rings. The lowest BCUT2D eigenvalue weighted by atomic mass is 10.2. The standard InChI is InChI=1S/C15H11ClFNO3/c16-11-2-1-3-13(6-11)18-15(20)9-21-14-5-10(8-19)4-12(17)7-14/h1-8H,9H2,(H,18,20). The Morgan fingerprint density at radius 2 is 2.10 bits per heavy atom. The maximum absolute atomic E-state index is 13.2. The van der Waals surface area contributed by atoms with Gasteiger partial charge in [0.2, 0.25) is 0 Å². The van der Waals surface area contributed by atoms with Gasteiger partial charge in [0.25, 0.3) is 5.91 Å². The third-order valence-electron chi connectivity index (χ3n) is 2.51. The normalized spacial score (nSPS) is 10.0. The van der Waals surface area contributed by atoms with E-state index < -0.39 is 11.7 Å². The van der Waals surface area contributed by atoms with Crippen LogP contribution in [0, 0.1) is 5.82 Å². The Labute approximate surface area is 125 Å². The average molecular weight is 308 g/mol. The first-order chi connectivity index (χ1) is 10.1. The summed E-state index contributed by atoms with van der Waals surface area (Å²) in [5.41, 5.74) is 0.671. The van der Waals surface area contributed by atoms with Crippen LogP contribution in [-0.2, 0) is 4.79 Å². The van der Waals surface area contributed by atoms with Crippen LogP contribution in [-0.4, -0.2) is 18.8 Å². The second-order valence-electron chi connectivity index (χ2n) is 4.19. The first kappa shape index (κ1) is 15.0. The molecular formula is C15H11ClFNO3. The van der Waals surface area contributed by atoms with E-state index in [1.165, 1.54) is 6.07 Å². The Kier molecular flexibility index (Phi) is 4.90. The first-order valence-corrected chi connectivity index (χ1v) is 6.38. The summed E-state index contributed by atoms with van der Waals surface area (Å²) in [4.78, 5) is 22.3. The predicted molar refractivity (Wildman–Crippen MR) is 77.4 cm³/mol. The van der Waals surface area contributed by atoms with Gasteiger partial charge < -0.3 is 10.1 Å². The molecule has 0 aliphatic heterocycles. The highest BCUT2D eigenvalue weighted by Gasteiger charge is 2.06. The molecule has 1 amide bonds. The summed E-state index contributed by atoms with van der Waals surface area (Å²) in [5, 5.41) is 3.08. The van der Waals surface area contributed by atoms with Gasteiger partial charge in [-0.05, 0) is 30.3 Å². The second kappa shape index (κ2) is 6.85. The van der Waals surface area contributed by atoms with E-state index in [1.54, 1.807) is 24.3 Å². The molecule has 2 aromatic rings. The van der Waals surface area contributed by atoms with Gasteiger partial charge in [-0.1, -0.05) is 17.7 Å². The number of anilines is 1. The van der Waals surface area contributed by atoms with Gasteiger partial charge in [0.05, 0.1) is 0 Å². The maximum atomic E-state index is 13.2. The molecule has 0 atom stereocenters. The van der Waals surface area contributed by atoms with Crippen LogP contribution < -0.4 is 10.1 Å². The van der Waals surface area contributed by atoms with Crippen LogP contribution >= 0.6 is 11.6 Å². The summed E-state index contributed by atoms with van der Waals surface area (Å²) in [5.74, 6) is -0.919. The van der Waals surface area contributed by atoms with Crippen LogP contribution in [0.2, 0.25) is 5.02 Å². The molecule has 1 N–H and O–H groups in total. The summed E-state index contributed by atoms with van der Waals surface area (Å²) in [6.07, 6.45) is 0.502. The van der Waals surface area contributed by atoms with Gasteiger partial charge in [-0.3, -0.25) is 9.59 Å². The fraction of sp³-hybridized carbons (Fsp3) is 0.0667. The molecule has 0 spiro atoms. The summed E-state index contributed by atoms with van der Waals surface area (Å²) >= 11 is 5.79. The minimum atomic E-state index is -0.607. The van der Waals surface area contributed by atoms with Crippen molar-refractivity contribution in [3.63, 3.8) is 0 Å². The van der Waals surface area contributed by atoms with Crippen LogP contribution in [0.15, 0.2) is 42.5 Å². The SMILES string of the molecule is O=Cc1cc(F)cc(OCC(=O)Nc2cccc(Cl)c2)c1. The number of benzene rings is 2. The number of halogens is 2. The Bertz CT molecular complexity index is 676. The molecule has 0 bridgehead atoms. The van der Waals surface area contributed by atoms with Crippen molar-refractivity contribution in [1.82, 2.24) is 0 Å². The predicted octanol–water partition coefficient (Wildman–Crippen LogP) is 3.31. The van der Waals surface area contributed by atoms with E-state index >= 15 is 0 Å². The van der Waals surface area contributed by atoms with Crippen molar-refractivity contribution in [3.8, 4) is 5.75 Å². The fourth-order valence-corrected chi connectivity index (χ4v) is 1.84. The van der Waals surface area contributed by atoms with E-state index in [-0.39, 0.29) is 17.9 Å². The quantitative estimate of drug-likeness (QED) is 0.862. The zero-order chi connectivity index (χ0) is 15.2. The molecule has 2 rings (SSSR count). The summed E-state index contributed by atoms with van der Waals surface area (Å²) in [6, 6.07) is 10.2. The third kappa shape index (κ3) is 4.57. The lowest BCUT2D eigenvalue weighted by Gasteiger charge is -2.08. The number of nitrogens with one attached hydrogen (secondary N) is 1. The summed E-state index contributed by atoms with van der Waals surface area (Å²) in [7, 11) is 0. The van der Waals surface area contributed by atoms with E-state index in [4.69, 9.17) is 16.3 Å². The van der Waals surface area contributed by atoms with E-state index in [1.807, 2.05) is 0 Å². The molecule has 0 heterocycles. The van der Waals surface area contributed by atoms with Crippen LogP contribution in [0.3, 0.4) is 0 Å². The third-order valence-corrected chi connectivity index (χ3v) is 2.74. The monoisotopic (exact) mass is 307 g/mol. The minimum absolute atomic E-state index is 0.110. The summed E-state index contributed by atoms with van der Waals surface area (Å²) < 4.78 is 18.3. The van der Waals surface area contributed by atoms with Crippen LogP contribution in [0.4, 0.5) is 10.1 Å². The Morgan fingerprint density at radius 3 is 2.81 bits per heavy atom. The van der Waals surface area contributed by atoms with E-state index in [0.717, 1.165) is 12.1 Å². The molecule has 6 heteroatoms. The molecule has 0 saturated heterocycles. The van der Waals surface area contributed by atoms with Gasteiger partial charge in [0.1, 0.15) is 17.9 Å². The van der Waals surface area contributed by atoms with Gasteiger partial charge in [-0.2, -0.15) is 0 Å². The van der Waals surface area contributed by atoms with E-state index in [0.29, 0.717) is 17.0 Å².